The first-order valence-electron chi connectivity index (χ1n) is 9.47. The number of aliphatic imine (C=N–C) groups is 1. The molecule has 2 rings (SSSR count). The topological polar surface area (TPSA) is 77.4 Å². The molecule has 25 heavy (non-hydrogen) atoms. The number of hydrogen-bond acceptors (Lipinski definition) is 4. The molecule has 1 amide bonds. The number of rotatable bonds is 3. The molecule has 7 nitrogen and oxygen atoms in total. The summed E-state index contributed by atoms with van der Waals surface area (Å²) in [7, 11) is 0. The SMILES string of the molecule is CCNC(=NCC1CCN(C(=O)OC(C)(C)C)CC1)N1CC[C@@H](O)C1. The molecule has 2 saturated heterocycles. The van der Waals surface area contributed by atoms with Crippen LogP contribution in [0.1, 0.15) is 47.0 Å². The zero-order valence-electron chi connectivity index (χ0n) is 16.1. The number of guanidine groups is 1. The minimum Gasteiger partial charge on any atom is -0.444 e. The number of hydrogen-bond donors (Lipinski definition) is 2. The number of ether oxygens (including phenoxy) is 1. The first kappa shape index (κ1) is 19.8. The van der Waals surface area contributed by atoms with Gasteiger partial charge in [0.05, 0.1) is 6.10 Å². The van der Waals surface area contributed by atoms with Gasteiger partial charge in [-0.3, -0.25) is 4.99 Å². The summed E-state index contributed by atoms with van der Waals surface area (Å²) in [5.41, 5.74) is -0.445. The Morgan fingerprint density at radius 2 is 1.84 bits per heavy atom. The lowest BCUT2D eigenvalue weighted by molar-refractivity contribution is 0.0187. The molecule has 0 aromatic rings. The molecular formula is C18H34N4O3. The molecule has 0 aliphatic carbocycles. The van der Waals surface area contributed by atoms with Crippen molar-refractivity contribution in [3.05, 3.63) is 0 Å². The van der Waals surface area contributed by atoms with E-state index in [1.807, 2.05) is 20.8 Å². The third-order valence-electron chi connectivity index (χ3n) is 4.56. The maximum atomic E-state index is 12.1. The zero-order valence-corrected chi connectivity index (χ0v) is 16.1. The van der Waals surface area contributed by atoms with E-state index in [9.17, 15) is 9.90 Å². The van der Waals surface area contributed by atoms with E-state index in [0.717, 1.165) is 57.9 Å². The van der Waals surface area contributed by atoms with Gasteiger partial charge in [-0.15, -0.1) is 0 Å². The number of carbonyl (C=O) groups excluding carboxylic acids is 1. The van der Waals surface area contributed by atoms with E-state index in [0.29, 0.717) is 12.5 Å². The summed E-state index contributed by atoms with van der Waals surface area (Å²) >= 11 is 0. The van der Waals surface area contributed by atoms with Gasteiger partial charge in [-0.1, -0.05) is 0 Å². The van der Waals surface area contributed by atoms with Crippen molar-refractivity contribution in [3.63, 3.8) is 0 Å². The summed E-state index contributed by atoms with van der Waals surface area (Å²) in [6.07, 6.45) is 2.24. The van der Waals surface area contributed by atoms with Crippen molar-refractivity contribution in [2.24, 2.45) is 10.9 Å². The number of carbonyl (C=O) groups is 1. The second-order valence-corrected chi connectivity index (χ2v) is 7.99. The minimum absolute atomic E-state index is 0.214. The highest BCUT2D eigenvalue weighted by Crippen LogP contribution is 2.20. The Morgan fingerprint density at radius 1 is 1.20 bits per heavy atom. The van der Waals surface area contributed by atoms with Gasteiger partial charge in [-0.25, -0.2) is 4.79 Å². The quantitative estimate of drug-likeness (QED) is 0.595. The van der Waals surface area contributed by atoms with Crippen molar-refractivity contribution in [1.82, 2.24) is 15.1 Å². The fourth-order valence-corrected chi connectivity index (χ4v) is 3.20. The summed E-state index contributed by atoms with van der Waals surface area (Å²) in [4.78, 5) is 20.8. The Labute approximate surface area is 151 Å². The fraction of sp³-hybridized carbons (Fsp3) is 0.889. The van der Waals surface area contributed by atoms with Gasteiger partial charge in [0.15, 0.2) is 5.96 Å². The van der Waals surface area contributed by atoms with Crippen molar-refractivity contribution in [1.29, 1.82) is 0 Å². The van der Waals surface area contributed by atoms with E-state index in [1.165, 1.54) is 0 Å². The van der Waals surface area contributed by atoms with Crippen molar-refractivity contribution in [2.45, 2.75) is 58.7 Å². The highest BCUT2D eigenvalue weighted by Gasteiger charge is 2.27. The van der Waals surface area contributed by atoms with Crippen LogP contribution in [0.2, 0.25) is 0 Å². The van der Waals surface area contributed by atoms with E-state index in [1.54, 1.807) is 4.90 Å². The molecule has 2 heterocycles. The number of β-amino-alcohol motifs (C(OH)–C–C–N with tert-alkyl or cyclic N) is 1. The van der Waals surface area contributed by atoms with Gasteiger partial charge in [0.2, 0.25) is 0 Å². The molecular weight excluding hydrogens is 320 g/mol. The summed E-state index contributed by atoms with van der Waals surface area (Å²) in [5, 5.41) is 13.0. The predicted molar refractivity (Wildman–Crippen MR) is 98.7 cm³/mol. The second kappa shape index (κ2) is 8.74. The molecule has 2 N–H and O–H groups in total. The van der Waals surface area contributed by atoms with Gasteiger partial charge in [0.1, 0.15) is 5.60 Å². The van der Waals surface area contributed by atoms with Crippen molar-refractivity contribution in [3.8, 4) is 0 Å². The van der Waals surface area contributed by atoms with Gasteiger partial charge >= 0.3 is 6.09 Å². The highest BCUT2D eigenvalue weighted by molar-refractivity contribution is 5.80. The number of nitrogens with zero attached hydrogens (tertiary/aromatic N) is 3. The first-order chi connectivity index (χ1) is 11.8. The van der Waals surface area contributed by atoms with Crippen molar-refractivity contribution in [2.75, 3.05) is 39.3 Å². The van der Waals surface area contributed by atoms with Gasteiger partial charge in [-0.05, 0) is 52.9 Å². The van der Waals surface area contributed by atoms with Gasteiger partial charge in [-0.2, -0.15) is 0 Å². The van der Waals surface area contributed by atoms with Crippen LogP contribution in [0.25, 0.3) is 0 Å². The molecule has 0 radical (unpaired) electrons. The largest absolute Gasteiger partial charge is 0.444 e. The van der Waals surface area contributed by atoms with E-state index < -0.39 is 5.60 Å². The maximum Gasteiger partial charge on any atom is 0.410 e. The number of aliphatic hydroxyl groups excluding tert-OH is 1. The van der Waals surface area contributed by atoms with Crippen LogP contribution in [0.4, 0.5) is 4.79 Å². The molecule has 7 heteroatoms. The number of amides is 1. The Kier molecular flexibility index (Phi) is 6.93. The normalized spacial score (nSPS) is 23.1. The van der Waals surface area contributed by atoms with E-state index in [2.05, 4.69) is 17.1 Å². The second-order valence-electron chi connectivity index (χ2n) is 7.99. The van der Waals surface area contributed by atoms with Crippen molar-refractivity contribution >= 4 is 12.1 Å². The lowest BCUT2D eigenvalue weighted by Gasteiger charge is -2.33. The van der Waals surface area contributed by atoms with E-state index in [-0.39, 0.29) is 12.2 Å². The Bertz CT molecular complexity index is 467. The zero-order chi connectivity index (χ0) is 18.4. The Hall–Kier alpha value is -1.50. The lowest BCUT2D eigenvalue weighted by Crippen LogP contribution is -2.43. The smallest absolute Gasteiger partial charge is 0.410 e. The minimum atomic E-state index is -0.445. The highest BCUT2D eigenvalue weighted by atomic mass is 16.6. The summed E-state index contributed by atoms with van der Waals surface area (Å²) in [6, 6.07) is 0. The fourth-order valence-electron chi connectivity index (χ4n) is 3.20. The van der Waals surface area contributed by atoms with Crippen LogP contribution in [-0.2, 0) is 4.74 Å². The molecule has 0 unspecified atom stereocenters. The standard InChI is InChI=1S/C18H34N4O3/c1-5-19-16(22-11-8-15(23)13-22)20-12-14-6-9-21(10-7-14)17(24)25-18(2,3)4/h14-15,23H,5-13H2,1-4H3,(H,19,20)/t15-/m1/s1. The van der Waals surface area contributed by atoms with Crippen LogP contribution in [0.15, 0.2) is 4.99 Å². The molecule has 0 spiro atoms. The molecule has 0 aromatic heterocycles. The van der Waals surface area contributed by atoms with Gasteiger partial charge in [0.25, 0.3) is 0 Å². The Morgan fingerprint density at radius 3 is 2.36 bits per heavy atom. The molecule has 0 bridgehead atoms. The third-order valence-corrected chi connectivity index (χ3v) is 4.56. The van der Waals surface area contributed by atoms with E-state index in [4.69, 9.17) is 9.73 Å². The number of piperidine rings is 1. The molecule has 0 saturated carbocycles. The van der Waals surface area contributed by atoms with Crippen LogP contribution >= 0.6 is 0 Å². The number of likely N-dealkylation sites (tertiary alicyclic amines) is 2. The first-order valence-corrected chi connectivity index (χ1v) is 9.47. The summed E-state index contributed by atoms with van der Waals surface area (Å²) < 4.78 is 5.44. The molecule has 2 aliphatic heterocycles. The van der Waals surface area contributed by atoms with Crippen molar-refractivity contribution < 1.29 is 14.6 Å². The average molecular weight is 354 g/mol. The number of nitrogens with one attached hydrogen (secondary N) is 1. The third kappa shape index (κ3) is 6.38. The molecule has 2 fully saturated rings. The van der Waals surface area contributed by atoms with Crippen LogP contribution in [0, 0.1) is 5.92 Å². The van der Waals surface area contributed by atoms with Crippen LogP contribution < -0.4 is 5.32 Å². The molecule has 1 atom stereocenters. The summed E-state index contributed by atoms with van der Waals surface area (Å²) in [5.74, 6) is 1.38. The van der Waals surface area contributed by atoms with Crippen LogP contribution in [0.3, 0.4) is 0 Å². The Balaban J connectivity index is 1.81. The van der Waals surface area contributed by atoms with E-state index >= 15 is 0 Å². The van der Waals surface area contributed by atoms with Crippen LogP contribution in [0.5, 0.6) is 0 Å². The van der Waals surface area contributed by atoms with Gasteiger partial charge < -0.3 is 25.0 Å². The monoisotopic (exact) mass is 354 g/mol. The predicted octanol–water partition coefficient (Wildman–Crippen LogP) is 1.67. The van der Waals surface area contributed by atoms with Crippen LogP contribution in [-0.4, -0.2) is 77.9 Å². The maximum absolute atomic E-state index is 12.1. The number of aliphatic hydroxyl groups is 1. The van der Waals surface area contributed by atoms with Gasteiger partial charge in [0, 0.05) is 39.3 Å². The summed E-state index contributed by atoms with van der Waals surface area (Å²) in [6.45, 7) is 12.3. The molecule has 2 aliphatic rings. The average Bonchev–Trinajstić information content (AvgIpc) is 2.96. The molecule has 0 aromatic carbocycles. The molecule has 144 valence electrons. The lowest BCUT2D eigenvalue weighted by atomic mass is 9.97.